The standard InChI is InChI=1S/C20H16FN5O3S/c1-26-10-14(17-19(22)23-11-24-20(17)26)18(27)12-5-4-6-13(9-12)25-30(28,29)16-8-3-2-7-15(16)21/h2-11,25H,1H3,(H2,22,23,24). The van der Waals surface area contributed by atoms with Crippen molar-refractivity contribution in [2.45, 2.75) is 4.90 Å². The second kappa shape index (κ2) is 7.23. The molecule has 0 atom stereocenters. The number of aromatic nitrogens is 3. The van der Waals surface area contributed by atoms with E-state index in [-0.39, 0.29) is 22.9 Å². The fraction of sp³-hybridized carbons (Fsp3) is 0.0500. The van der Waals surface area contributed by atoms with E-state index in [2.05, 4.69) is 14.7 Å². The highest BCUT2D eigenvalue weighted by molar-refractivity contribution is 7.92. The van der Waals surface area contributed by atoms with Gasteiger partial charge in [0, 0.05) is 24.5 Å². The first-order valence-electron chi connectivity index (χ1n) is 8.75. The minimum atomic E-state index is -4.17. The van der Waals surface area contributed by atoms with Gasteiger partial charge in [-0.15, -0.1) is 0 Å². The topological polar surface area (TPSA) is 120 Å². The molecule has 30 heavy (non-hydrogen) atoms. The van der Waals surface area contributed by atoms with Gasteiger partial charge in [0.25, 0.3) is 10.0 Å². The summed E-state index contributed by atoms with van der Waals surface area (Å²) in [5.41, 5.74) is 7.07. The highest BCUT2D eigenvalue weighted by Crippen LogP contribution is 2.26. The summed E-state index contributed by atoms with van der Waals surface area (Å²) in [7, 11) is -2.44. The molecule has 0 aliphatic rings. The first-order chi connectivity index (χ1) is 14.3. The van der Waals surface area contributed by atoms with Crippen LogP contribution in [0.2, 0.25) is 0 Å². The van der Waals surface area contributed by atoms with E-state index in [0.717, 1.165) is 12.1 Å². The van der Waals surface area contributed by atoms with E-state index < -0.39 is 20.7 Å². The third-order valence-corrected chi connectivity index (χ3v) is 5.95. The number of hydrogen-bond donors (Lipinski definition) is 2. The number of nitrogen functional groups attached to an aromatic ring is 1. The molecule has 4 aromatic rings. The predicted molar refractivity (Wildman–Crippen MR) is 110 cm³/mol. The molecule has 0 bridgehead atoms. The average Bonchev–Trinajstić information content (AvgIpc) is 3.05. The van der Waals surface area contributed by atoms with Crippen LogP contribution in [0.4, 0.5) is 15.9 Å². The summed E-state index contributed by atoms with van der Waals surface area (Å²) in [6, 6.07) is 10.9. The van der Waals surface area contributed by atoms with Crippen molar-refractivity contribution in [3.8, 4) is 0 Å². The molecule has 0 radical (unpaired) electrons. The second-order valence-electron chi connectivity index (χ2n) is 6.56. The predicted octanol–water partition coefficient (Wildman–Crippen LogP) is 2.72. The van der Waals surface area contributed by atoms with Crippen LogP contribution in [0.5, 0.6) is 0 Å². The molecule has 2 aromatic carbocycles. The third kappa shape index (κ3) is 3.37. The van der Waals surface area contributed by atoms with Crippen molar-refractivity contribution in [1.29, 1.82) is 0 Å². The SMILES string of the molecule is Cn1cc(C(=O)c2cccc(NS(=O)(=O)c3ccccc3F)c2)c2c(N)ncnc21. The first-order valence-corrected chi connectivity index (χ1v) is 10.2. The Morgan fingerprint density at radius 3 is 2.67 bits per heavy atom. The summed E-state index contributed by atoms with van der Waals surface area (Å²) < 4.78 is 42.9. The molecule has 0 saturated heterocycles. The Labute approximate surface area is 171 Å². The number of nitrogens with zero attached hydrogens (tertiary/aromatic N) is 3. The zero-order chi connectivity index (χ0) is 21.5. The highest BCUT2D eigenvalue weighted by atomic mass is 32.2. The Hall–Kier alpha value is -3.79. The molecule has 0 amide bonds. The van der Waals surface area contributed by atoms with Crippen LogP contribution in [0, 0.1) is 5.82 Å². The molecule has 0 saturated carbocycles. The van der Waals surface area contributed by atoms with Crippen LogP contribution in [0.1, 0.15) is 15.9 Å². The Balaban J connectivity index is 1.71. The van der Waals surface area contributed by atoms with Gasteiger partial charge in [0.2, 0.25) is 0 Å². The van der Waals surface area contributed by atoms with Crippen LogP contribution in [0.3, 0.4) is 0 Å². The van der Waals surface area contributed by atoms with Gasteiger partial charge in [-0.2, -0.15) is 0 Å². The number of carbonyl (C=O) groups is 1. The molecule has 2 aromatic heterocycles. The van der Waals surface area contributed by atoms with Crippen LogP contribution >= 0.6 is 0 Å². The number of nitrogens with one attached hydrogen (secondary N) is 1. The average molecular weight is 425 g/mol. The third-order valence-electron chi connectivity index (χ3n) is 4.53. The number of nitrogens with two attached hydrogens (primary N) is 1. The summed E-state index contributed by atoms with van der Waals surface area (Å²) in [5, 5.41) is 0.419. The normalized spacial score (nSPS) is 11.5. The quantitative estimate of drug-likeness (QED) is 0.475. The number of rotatable bonds is 5. The van der Waals surface area contributed by atoms with Gasteiger partial charge in [-0.1, -0.05) is 24.3 Å². The summed E-state index contributed by atoms with van der Waals surface area (Å²) >= 11 is 0. The lowest BCUT2D eigenvalue weighted by molar-refractivity contribution is 0.104. The van der Waals surface area contributed by atoms with Crippen LogP contribution in [0.25, 0.3) is 11.0 Å². The molecule has 3 N–H and O–H groups in total. The van der Waals surface area contributed by atoms with Gasteiger partial charge < -0.3 is 10.3 Å². The van der Waals surface area contributed by atoms with Crippen molar-refractivity contribution in [3.63, 3.8) is 0 Å². The van der Waals surface area contributed by atoms with Gasteiger partial charge in [0.1, 0.15) is 28.5 Å². The lowest BCUT2D eigenvalue weighted by Gasteiger charge is -2.10. The molecule has 8 nitrogen and oxygen atoms in total. The number of benzene rings is 2. The molecule has 0 spiro atoms. The number of fused-ring (bicyclic) bond motifs is 1. The molecule has 152 valence electrons. The van der Waals surface area contributed by atoms with E-state index in [1.807, 2.05) is 0 Å². The Morgan fingerprint density at radius 1 is 1.13 bits per heavy atom. The number of aryl methyl sites for hydroxylation is 1. The maximum Gasteiger partial charge on any atom is 0.264 e. The van der Waals surface area contributed by atoms with Crippen molar-refractivity contribution in [1.82, 2.24) is 14.5 Å². The molecular formula is C20H16FN5O3S. The van der Waals surface area contributed by atoms with Crippen molar-refractivity contribution >= 4 is 38.3 Å². The fourth-order valence-electron chi connectivity index (χ4n) is 3.16. The molecule has 0 aliphatic heterocycles. The number of ketones is 1. The lowest BCUT2D eigenvalue weighted by atomic mass is 10.0. The van der Waals surface area contributed by atoms with Crippen molar-refractivity contribution < 1.29 is 17.6 Å². The molecule has 0 fully saturated rings. The monoisotopic (exact) mass is 425 g/mol. The van der Waals surface area contributed by atoms with E-state index in [0.29, 0.717) is 16.6 Å². The Bertz CT molecular complexity index is 1400. The maximum absolute atomic E-state index is 13.9. The van der Waals surface area contributed by atoms with Gasteiger partial charge in [-0.3, -0.25) is 9.52 Å². The van der Waals surface area contributed by atoms with E-state index >= 15 is 0 Å². The Morgan fingerprint density at radius 2 is 1.90 bits per heavy atom. The van der Waals surface area contributed by atoms with E-state index in [9.17, 15) is 17.6 Å². The van der Waals surface area contributed by atoms with Gasteiger partial charge in [-0.25, -0.2) is 22.8 Å². The number of hydrogen-bond acceptors (Lipinski definition) is 6. The fourth-order valence-corrected chi connectivity index (χ4v) is 4.29. The highest BCUT2D eigenvalue weighted by Gasteiger charge is 2.21. The van der Waals surface area contributed by atoms with E-state index in [4.69, 9.17) is 5.73 Å². The van der Waals surface area contributed by atoms with E-state index in [1.54, 1.807) is 23.9 Å². The number of sulfonamides is 1. The van der Waals surface area contributed by atoms with Crippen LogP contribution in [-0.4, -0.2) is 28.7 Å². The van der Waals surface area contributed by atoms with E-state index in [1.165, 1.54) is 36.7 Å². The van der Waals surface area contributed by atoms with Crippen molar-refractivity contribution in [2.75, 3.05) is 10.5 Å². The summed E-state index contributed by atoms with van der Waals surface area (Å²) in [6.45, 7) is 0. The van der Waals surface area contributed by atoms with Crippen molar-refractivity contribution in [3.05, 3.63) is 78.0 Å². The van der Waals surface area contributed by atoms with Gasteiger partial charge in [0.15, 0.2) is 5.78 Å². The molecule has 4 rings (SSSR count). The van der Waals surface area contributed by atoms with Crippen LogP contribution in [0.15, 0.2) is 66.0 Å². The van der Waals surface area contributed by atoms with Crippen molar-refractivity contribution in [2.24, 2.45) is 7.05 Å². The first kappa shape index (κ1) is 19.5. The maximum atomic E-state index is 13.9. The van der Waals surface area contributed by atoms with Gasteiger partial charge >= 0.3 is 0 Å². The summed E-state index contributed by atoms with van der Waals surface area (Å²) in [4.78, 5) is 20.7. The van der Waals surface area contributed by atoms with Crippen LogP contribution in [-0.2, 0) is 17.1 Å². The largest absolute Gasteiger partial charge is 0.383 e. The smallest absolute Gasteiger partial charge is 0.264 e. The molecule has 0 aliphatic carbocycles. The zero-order valence-corrected chi connectivity index (χ0v) is 16.5. The summed E-state index contributed by atoms with van der Waals surface area (Å²) in [6.07, 6.45) is 2.90. The Kier molecular flexibility index (Phi) is 4.70. The lowest BCUT2D eigenvalue weighted by Crippen LogP contribution is -2.15. The van der Waals surface area contributed by atoms with Crippen LogP contribution < -0.4 is 10.5 Å². The minimum absolute atomic E-state index is 0.119. The number of anilines is 2. The minimum Gasteiger partial charge on any atom is -0.383 e. The zero-order valence-electron chi connectivity index (χ0n) is 15.7. The number of halogens is 1. The van der Waals surface area contributed by atoms with Gasteiger partial charge in [0.05, 0.1) is 10.9 Å². The molecule has 2 heterocycles. The molecular weight excluding hydrogens is 409 g/mol. The van der Waals surface area contributed by atoms with Gasteiger partial charge in [-0.05, 0) is 24.3 Å². The summed E-state index contributed by atoms with van der Waals surface area (Å²) in [5.74, 6) is -1.09. The number of carbonyl (C=O) groups excluding carboxylic acids is 1. The molecule has 10 heteroatoms. The molecule has 0 unspecified atom stereocenters. The second-order valence-corrected chi connectivity index (χ2v) is 8.21.